The van der Waals surface area contributed by atoms with Crippen molar-refractivity contribution in [2.75, 3.05) is 26.7 Å². The van der Waals surface area contributed by atoms with E-state index in [0.717, 1.165) is 24.4 Å². The minimum atomic E-state index is 0. The van der Waals surface area contributed by atoms with Crippen LogP contribution in [0.4, 0.5) is 0 Å². The van der Waals surface area contributed by atoms with Crippen molar-refractivity contribution in [3.05, 3.63) is 59.9 Å². The van der Waals surface area contributed by atoms with Crippen LogP contribution in [0.3, 0.4) is 0 Å². The molecule has 0 radical (unpaired) electrons. The molecule has 1 saturated heterocycles. The first-order chi connectivity index (χ1) is 10.8. The molecular formula is C17H20ClN3O2. The Morgan fingerprint density at radius 3 is 2.74 bits per heavy atom. The Morgan fingerprint density at radius 1 is 1.30 bits per heavy atom. The number of methoxy groups -OCH3 is 1. The van der Waals surface area contributed by atoms with Crippen molar-refractivity contribution >= 4 is 18.3 Å². The van der Waals surface area contributed by atoms with E-state index in [2.05, 4.69) is 10.3 Å². The Labute approximate surface area is 142 Å². The zero-order valence-corrected chi connectivity index (χ0v) is 13.8. The lowest BCUT2D eigenvalue weighted by atomic mass is 10.0. The molecule has 1 amide bonds. The predicted octanol–water partition coefficient (Wildman–Crippen LogP) is 2.30. The average Bonchev–Trinajstić information content (AvgIpc) is 2.62. The highest BCUT2D eigenvalue weighted by Gasteiger charge is 2.28. The molecule has 1 aromatic heterocycles. The zero-order valence-electron chi connectivity index (χ0n) is 12.9. The largest absolute Gasteiger partial charge is 0.497 e. The van der Waals surface area contributed by atoms with Gasteiger partial charge in [-0.05, 0) is 35.9 Å². The first-order valence-electron chi connectivity index (χ1n) is 7.35. The van der Waals surface area contributed by atoms with E-state index in [4.69, 9.17) is 4.74 Å². The van der Waals surface area contributed by atoms with Crippen LogP contribution in [0, 0.1) is 0 Å². The quantitative estimate of drug-likeness (QED) is 0.936. The third-order valence-corrected chi connectivity index (χ3v) is 3.91. The van der Waals surface area contributed by atoms with Crippen molar-refractivity contribution in [3.8, 4) is 5.75 Å². The Bertz CT molecular complexity index is 634. The number of ether oxygens (including phenoxy) is 1. The van der Waals surface area contributed by atoms with E-state index in [1.54, 1.807) is 13.3 Å². The Kier molecular flexibility index (Phi) is 5.96. The second-order valence-corrected chi connectivity index (χ2v) is 5.23. The second kappa shape index (κ2) is 7.94. The Balaban J connectivity index is 0.00000192. The van der Waals surface area contributed by atoms with Gasteiger partial charge in [0.05, 0.1) is 13.2 Å². The molecule has 0 saturated carbocycles. The van der Waals surface area contributed by atoms with Crippen molar-refractivity contribution in [2.45, 2.75) is 6.04 Å². The van der Waals surface area contributed by atoms with Gasteiger partial charge in [-0.2, -0.15) is 0 Å². The topological polar surface area (TPSA) is 54.5 Å². The summed E-state index contributed by atoms with van der Waals surface area (Å²) >= 11 is 0. The van der Waals surface area contributed by atoms with Gasteiger partial charge in [-0.3, -0.25) is 9.78 Å². The molecule has 1 fully saturated rings. The van der Waals surface area contributed by atoms with Gasteiger partial charge in [-0.25, -0.2) is 0 Å². The summed E-state index contributed by atoms with van der Waals surface area (Å²) in [5, 5.41) is 3.35. The van der Waals surface area contributed by atoms with Crippen LogP contribution in [0.2, 0.25) is 0 Å². The molecule has 1 aliphatic rings. The molecule has 23 heavy (non-hydrogen) atoms. The first-order valence-corrected chi connectivity index (χ1v) is 7.35. The number of hydrogen-bond acceptors (Lipinski definition) is 4. The summed E-state index contributed by atoms with van der Waals surface area (Å²) in [5.74, 6) is 0.790. The molecule has 2 aromatic rings. The van der Waals surface area contributed by atoms with Gasteiger partial charge in [0.1, 0.15) is 5.75 Å². The molecule has 0 bridgehead atoms. The van der Waals surface area contributed by atoms with E-state index in [1.165, 1.54) is 0 Å². The van der Waals surface area contributed by atoms with Crippen LogP contribution in [-0.4, -0.2) is 42.5 Å². The molecule has 3 rings (SSSR count). The fraction of sp³-hybridized carbons (Fsp3) is 0.294. The highest BCUT2D eigenvalue weighted by molar-refractivity contribution is 5.94. The van der Waals surface area contributed by atoms with Crippen LogP contribution < -0.4 is 10.1 Å². The van der Waals surface area contributed by atoms with Crippen molar-refractivity contribution in [3.63, 3.8) is 0 Å². The molecule has 5 nitrogen and oxygen atoms in total. The number of amides is 1. The van der Waals surface area contributed by atoms with Gasteiger partial charge in [0, 0.05) is 37.6 Å². The van der Waals surface area contributed by atoms with Crippen molar-refractivity contribution in [2.24, 2.45) is 0 Å². The minimum absolute atomic E-state index is 0. The standard InChI is InChI=1S/C17H19N3O2.ClH/c1-22-15-6-4-13(5-7-15)17(21)20-10-9-19-12-16(20)14-3-2-8-18-11-14;/h2-8,11,16,19H,9-10,12H2,1H3;1H. The van der Waals surface area contributed by atoms with Gasteiger partial charge in [0.15, 0.2) is 0 Å². The van der Waals surface area contributed by atoms with Crippen LogP contribution >= 0.6 is 12.4 Å². The number of rotatable bonds is 3. The number of halogens is 1. The number of benzene rings is 1. The Morgan fingerprint density at radius 2 is 2.09 bits per heavy atom. The van der Waals surface area contributed by atoms with E-state index in [9.17, 15) is 4.79 Å². The molecule has 122 valence electrons. The fourth-order valence-electron chi connectivity index (χ4n) is 2.72. The third kappa shape index (κ3) is 3.81. The molecule has 0 aliphatic carbocycles. The lowest BCUT2D eigenvalue weighted by Crippen LogP contribution is -2.48. The molecular weight excluding hydrogens is 314 g/mol. The lowest BCUT2D eigenvalue weighted by molar-refractivity contribution is 0.0634. The number of carbonyl (C=O) groups excluding carboxylic acids is 1. The van der Waals surface area contributed by atoms with Crippen LogP contribution in [-0.2, 0) is 0 Å². The maximum Gasteiger partial charge on any atom is 0.254 e. The summed E-state index contributed by atoms with van der Waals surface area (Å²) in [6, 6.07) is 11.2. The third-order valence-electron chi connectivity index (χ3n) is 3.91. The molecule has 1 unspecified atom stereocenters. The van der Waals surface area contributed by atoms with Crippen LogP contribution in [0.25, 0.3) is 0 Å². The summed E-state index contributed by atoms with van der Waals surface area (Å²) in [6.07, 6.45) is 3.57. The van der Waals surface area contributed by atoms with Gasteiger partial charge < -0.3 is 15.0 Å². The van der Waals surface area contributed by atoms with Crippen LogP contribution in [0.5, 0.6) is 5.75 Å². The number of piperazine rings is 1. The van der Waals surface area contributed by atoms with Crippen molar-refractivity contribution < 1.29 is 9.53 Å². The zero-order chi connectivity index (χ0) is 15.4. The second-order valence-electron chi connectivity index (χ2n) is 5.23. The first kappa shape index (κ1) is 17.2. The lowest BCUT2D eigenvalue weighted by Gasteiger charge is -2.36. The predicted molar refractivity (Wildman–Crippen MR) is 91.1 cm³/mol. The van der Waals surface area contributed by atoms with E-state index >= 15 is 0 Å². The summed E-state index contributed by atoms with van der Waals surface area (Å²) in [5.41, 5.74) is 1.73. The highest BCUT2D eigenvalue weighted by Crippen LogP contribution is 2.24. The highest BCUT2D eigenvalue weighted by atomic mass is 35.5. The van der Waals surface area contributed by atoms with E-state index in [1.807, 2.05) is 47.5 Å². The summed E-state index contributed by atoms with van der Waals surface area (Å²) in [7, 11) is 1.62. The number of pyridine rings is 1. The number of nitrogens with zero attached hydrogens (tertiary/aromatic N) is 2. The van der Waals surface area contributed by atoms with Gasteiger partial charge >= 0.3 is 0 Å². The average molecular weight is 334 g/mol. The maximum atomic E-state index is 12.8. The number of aromatic nitrogens is 1. The van der Waals surface area contributed by atoms with E-state index in [-0.39, 0.29) is 24.4 Å². The van der Waals surface area contributed by atoms with E-state index in [0.29, 0.717) is 12.1 Å². The van der Waals surface area contributed by atoms with Gasteiger partial charge in [0.25, 0.3) is 5.91 Å². The Hall–Kier alpha value is -2.11. The summed E-state index contributed by atoms with van der Waals surface area (Å²) in [4.78, 5) is 18.9. The smallest absolute Gasteiger partial charge is 0.254 e. The number of hydrogen-bond donors (Lipinski definition) is 1. The molecule has 1 atom stereocenters. The molecule has 0 spiro atoms. The van der Waals surface area contributed by atoms with Crippen LogP contribution in [0.15, 0.2) is 48.8 Å². The summed E-state index contributed by atoms with van der Waals surface area (Å²) in [6.45, 7) is 2.23. The van der Waals surface area contributed by atoms with Gasteiger partial charge in [0.2, 0.25) is 0 Å². The molecule has 1 aliphatic heterocycles. The summed E-state index contributed by atoms with van der Waals surface area (Å²) < 4.78 is 5.14. The number of carbonyl (C=O) groups is 1. The molecule has 6 heteroatoms. The molecule has 1 aromatic carbocycles. The minimum Gasteiger partial charge on any atom is -0.497 e. The maximum absolute atomic E-state index is 12.8. The van der Waals surface area contributed by atoms with E-state index < -0.39 is 0 Å². The van der Waals surface area contributed by atoms with Crippen LogP contribution in [0.1, 0.15) is 22.0 Å². The monoisotopic (exact) mass is 333 g/mol. The SMILES string of the molecule is COc1ccc(C(=O)N2CCNCC2c2cccnc2)cc1.Cl. The normalized spacial score (nSPS) is 17.3. The van der Waals surface area contributed by atoms with Gasteiger partial charge in [-0.15, -0.1) is 12.4 Å². The molecule has 1 N–H and O–H groups in total. The number of nitrogens with one attached hydrogen (secondary N) is 1. The fourth-order valence-corrected chi connectivity index (χ4v) is 2.72. The van der Waals surface area contributed by atoms with Crippen molar-refractivity contribution in [1.29, 1.82) is 0 Å². The molecule has 2 heterocycles. The van der Waals surface area contributed by atoms with Crippen molar-refractivity contribution in [1.82, 2.24) is 15.2 Å². The van der Waals surface area contributed by atoms with Gasteiger partial charge in [-0.1, -0.05) is 6.07 Å².